The van der Waals surface area contributed by atoms with Gasteiger partial charge in [0.05, 0.1) is 49.2 Å². The largest absolute Gasteiger partial charge is 0.499 e. The number of hydrogen-bond acceptors (Lipinski definition) is 33. The normalized spacial score (nSPS) is 28.0. The highest BCUT2D eigenvalue weighted by atomic mass is 32.1. The van der Waals surface area contributed by atoms with Crippen molar-refractivity contribution in [1.29, 1.82) is 0 Å². The van der Waals surface area contributed by atoms with Crippen LogP contribution in [0.5, 0.6) is 5.75 Å². The second-order valence-corrected chi connectivity index (χ2v) is 29.5. The molecule has 12 heterocycles. The number of esters is 2. The number of carbonyl (C=O) groups excluding carboxylic acids is 7. The van der Waals surface area contributed by atoms with Crippen LogP contribution in [0.15, 0.2) is 56.9 Å². The number of hydrogen-bond donors (Lipinski definition) is 11. The van der Waals surface area contributed by atoms with E-state index in [4.69, 9.17) is 58.6 Å². The minimum absolute atomic E-state index is 0.00287. The van der Waals surface area contributed by atoms with Gasteiger partial charge in [-0.1, -0.05) is 12.1 Å². The number of aliphatic hydroxyl groups excluding tert-OH is 4. The van der Waals surface area contributed by atoms with Crippen molar-refractivity contribution in [3.05, 3.63) is 112 Å². The van der Waals surface area contributed by atoms with E-state index < -0.39 is 158 Å². The molecule has 7 aromatic heterocycles. The molecule has 34 nitrogen and oxygen atoms in total. The first-order valence-corrected chi connectivity index (χ1v) is 36.1. The summed E-state index contributed by atoms with van der Waals surface area (Å²) in [5, 5.41) is 86.3. The maximum Gasteiger partial charge on any atom is 0.358 e. The van der Waals surface area contributed by atoms with Crippen molar-refractivity contribution in [3.63, 3.8) is 0 Å². The zero-order chi connectivity index (χ0) is 73.4. The fraction of sp³-hybridized carbons (Fsp3) is 0.422. The quantitative estimate of drug-likeness (QED) is 0.0562. The number of nitrogens with two attached hydrogens (primary N) is 1. The lowest BCUT2D eigenvalue weighted by atomic mass is 9.85. The van der Waals surface area contributed by atoms with E-state index in [0.29, 0.717) is 4.73 Å². The van der Waals surface area contributed by atoms with Crippen LogP contribution in [0.4, 0.5) is 0 Å². The molecule has 544 valence electrons. The number of amides is 5. The van der Waals surface area contributed by atoms with Crippen molar-refractivity contribution >= 4 is 115 Å². The Hall–Kier alpha value is -8.91. The predicted molar refractivity (Wildman–Crippen MR) is 364 cm³/mol. The van der Waals surface area contributed by atoms with Gasteiger partial charge < -0.3 is 101 Å². The summed E-state index contributed by atoms with van der Waals surface area (Å²) < 4.78 is 50.5. The van der Waals surface area contributed by atoms with Gasteiger partial charge in [-0.2, -0.15) is 4.73 Å². The molecular weight excluding hydrogens is 1450 g/mol. The first-order valence-electron chi connectivity index (χ1n) is 31.7. The number of cyclic esters (lactones) is 2. The van der Waals surface area contributed by atoms with Crippen LogP contribution >= 0.6 is 56.7 Å². The molecule has 2 fully saturated rings. The van der Waals surface area contributed by atoms with Gasteiger partial charge in [0.1, 0.15) is 132 Å². The molecule has 8 aromatic rings. The number of allylic oxidation sites excluding steroid dienone is 1. The van der Waals surface area contributed by atoms with Crippen LogP contribution < -0.4 is 31.7 Å². The van der Waals surface area contributed by atoms with Crippen LogP contribution in [-0.2, 0) is 56.0 Å². The van der Waals surface area contributed by atoms with E-state index in [0.717, 1.165) is 56.7 Å². The van der Waals surface area contributed by atoms with Gasteiger partial charge in [0, 0.05) is 49.8 Å². The Kier molecular flexibility index (Phi) is 20.4. The third-order valence-electron chi connectivity index (χ3n) is 17.8. The zero-order valence-corrected chi connectivity index (χ0v) is 59.7. The number of methoxy groups -OCH3 is 1. The molecule has 5 aliphatic heterocycles. The number of nitrogens with one attached hydrogen (secondary N) is 4. The number of rotatable bonds is 9. The number of pyridine rings is 1. The highest BCUT2D eigenvalue weighted by Crippen LogP contribution is 2.44. The second kappa shape index (κ2) is 29.0. The number of nitrogens with zero attached hydrogens (tertiary/aromatic N) is 8. The maximum atomic E-state index is 15.2. The number of likely N-dealkylation sites (N-methyl/N-ethyl adjacent to an activating group) is 1. The molecule has 12 bridgehead atoms. The van der Waals surface area contributed by atoms with E-state index in [1.807, 2.05) is 0 Å². The van der Waals surface area contributed by atoms with Crippen molar-refractivity contribution < 1.29 is 102 Å². The molecule has 0 radical (unpaired) electrons. The number of aliphatic hydroxyl groups is 5. The number of ether oxygens (including phenoxy) is 8. The van der Waals surface area contributed by atoms with Crippen molar-refractivity contribution in [2.75, 3.05) is 27.8 Å². The molecule has 13 rings (SSSR count). The van der Waals surface area contributed by atoms with E-state index in [-0.39, 0.29) is 116 Å². The monoisotopic (exact) mass is 1510 g/mol. The topological polar surface area (TPSA) is 474 Å². The first-order chi connectivity index (χ1) is 49.1. The molecule has 1 aromatic carbocycles. The molecule has 12 N–H and O–H groups in total. The molecule has 0 saturated carbocycles. The molecule has 5 aliphatic rings. The van der Waals surface area contributed by atoms with Gasteiger partial charge in [-0.3, -0.25) is 24.0 Å². The van der Waals surface area contributed by atoms with Crippen LogP contribution in [0, 0.1) is 0 Å². The van der Waals surface area contributed by atoms with E-state index >= 15 is 19.2 Å². The Bertz CT molecular complexity index is 4700. The zero-order valence-electron chi connectivity index (χ0n) is 55.6. The van der Waals surface area contributed by atoms with Crippen LogP contribution in [0.25, 0.3) is 49.3 Å². The summed E-state index contributed by atoms with van der Waals surface area (Å²) in [5.74, 6) is -7.17. The average molecular weight is 1510 g/mol. The summed E-state index contributed by atoms with van der Waals surface area (Å²) in [6.45, 7) is 5.59. The highest BCUT2D eigenvalue weighted by molar-refractivity contribution is 7.14. The van der Waals surface area contributed by atoms with Gasteiger partial charge in [0.2, 0.25) is 12.2 Å². The van der Waals surface area contributed by atoms with Crippen molar-refractivity contribution in [2.24, 2.45) is 5.73 Å². The lowest BCUT2D eigenvalue weighted by Gasteiger charge is -2.48. The molecule has 103 heavy (non-hydrogen) atoms. The van der Waals surface area contributed by atoms with E-state index in [9.17, 15) is 45.1 Å². The summed E-state index contributed by atoms with van der Waals surface area (Å²) in [6.07, 6.45) is -15.6. The Morgan fingerprint density at radius 2 is 1.46 bits per heavy atom. The maximum absolute atomic E-state index is 15.2. The first kappa shape index (κ1) is 72.4. The predicted octanol–water partition coefficient (Wildman–Crippen LogP) is 2.76. The highest BCUT2D eigenvalue weighted by Gasteiger charge is 2.51. The molecule has 0 aliphatic carbocycles. The van der Waals surface area contributed by atoms with Crippen molar-refractivity contribution in [2.45, 2.75) is 145 Å². The lowest BCUT2D eigenvalue weighted by molar-refractivity contribution is -0.280. The minimum atomic E-state index is -1.93. The Morgan fingerprint density at radius 3 is 2.17 bits per heavy atom. The SMILES string of the molecule is CO/C(C)=C1/NC(=O)C(C(C)O)NC(=O)c2csc(n2)-c2cc(OC3OC(C)C(O)C(O)C3O)c(-c3nc(C(N)=O)cs3)nc2-c2csc(n2)C2COC(=O)c3c4c5c(cccc5n3O)COC(=O)C(OC3CC(C)(O)C(N(C)C)C(C)O3)C(OC4)C(NC(=O)c3csc1n3)c1nc(cs1)C(=O)N2. The Balaban J connectivity index is 1.01. The van der Waals surface area contributed by atoms with Crippen LogP contribution in [0.1, 0.15) is 132 Å². The molecule has 39 heteroatoms. The summed E-state index contributed by atoms with van der Waals surface area (Å²) in [7, 11) is 4.82. The van der Waals surface area contributed by atoms with Gasteiger partial charge in [-0.05, 0) is 66.4 Å². The third kappa shape index (κ3) is 14.1. The number of primary amides is 1. The molecule has 2 saturated heterocycles. The van der Waals surface area contributed by atoms with Crippen molar-refractivity contribution in [3.8, 4) is 38.4 Å². The molecule has 15 unspecified atom stereocenters. The van der Waals surface area contributed by atoms with Crippen LogP contribution in [0.2, 0.25) is 0 Å². The number of benzene rings is 1. The molecule has 15 atom stereocenters. The van der Waals surface area contributed by atoms with Gasteiger partial charge in [0.25, 0.3) is 23.6 Å². The lowest BCUT2D eigenvalue weighted by Crippen LogP contribution is -2.62. The van der Waals surface area contributed by atoms with Gasteiger partial charge >= 0.3 is 11.9 Å². The van der Waals surface area contributed by atoms with E-state index in [1.54, 1.807) is 45.0 Å². The fourth-order valence-corrected chi connectivity index (χ4v) is 17.0. The summed E-state index contributed by atoms with van der Waals surface area (Å²) in [4.78, 5) is 133. The van der Waals surface area contributed by atoms with Crippen LogP contribution in [0.3, 0.4) is 0 Å². The van der Waals surface area contributed by atoms with Crippen LogP contribution in [-0.4, -0.2) is 219 Å². The minimum Gasteiger partial charge on any atom is -0.499 e. The van der Waals surface area contributed by atoms with E-state index in [1.165, 1.54) is 66.9 Å². The number of carbonyl (C=O) groups is 7. The third-order valence-corrected chi connectivity index (χ3v) is 22.3. The smallest absolute Gasteiger partial charge is 0.358 e. The Labute approximate surface area is 603 Å². The summed E-state index contributed by atoms with van der Waals surface area (Å²) >= 11 is 4.43. The molecular formula is C64H67N13O21S5. The van der Waals surface area contributed by atoms with Gasteiger partial charge in [-0.15, -0.1) is 56.7 Å². The Morgan fingerprint density at radius 1 is 0.786 bits per heavy atom. The second-order valence-electron chi connectivity index (χ2n) is 25.2. The molecule has 5 amide bonds. The van der Waals surface area contributed by atoms with Crippen molar-refractivity contribution in [1.82, 2.24) is 60.8 Å². The fourth-order valence-electron chi connectivity index (χ4n) is 12.8. The van der Waals surface area contributed by atoms with E-state index in [2.05, 4.69) is 36.2 Å². The van der Waals surface area contributed by atoms with Gasteiger partial charge in [0.15, 0.2) is 23.8 Å². The number of fused-ring (bicyclic) bond motifs is 15. The summed E-state index contributed by atoms with van der Waals surface area (Å²) in [5.41, 5.74) is 2.68. The average Bonchev–Trinajstić information content (AvgIpc) is 1.73. The molecule has 0 spiro atoms. The number of thiazole rings is 5. The summed E-state index contributed by atoms with van der Waals surface area (Å²) in [6, 6.07) is 0.634. The van der Waals surface area contributed by atoms with Gasteiger partial charge in [-0.25, -0.2) is 39.5 Å². The number of aromatic nitrogens is 7. The standard InChI is InChI=1S/C64H67N13O21S5/c1-22(78)39-55(86)74-40(23(2)91-8)58-70-34(21-102-58)54(85)75-43-48-49(98-37-13-64(5,89)50(76(6)7)25(4)95-37)62(88)93-14-26-10-9-11-35-38(26)28(15-92-48)44(77(35)90)61(87)94-16-29(66-52(83)32-20-103-60(43)71-32)57-67-30(17-100-57)41-27(56-69-33(19-99-56)53(84)73-39)12-36(42(72-41)59-68-31(18-101-59)51(65)82)97-63-47(81)46(80)45(79)24(3)96-63/h9-12,17-22,24-25,29,37,39,43,45-50,63,78-81,89-90H,13-16H2,1-8H3,(H2,65,82)(H,66,83)(H,73,84)(H,74,86)(H,75,85)/b40-23+.